The second kappa shape index (κ2) is 6.77. The van der Waals surface area contributed by atoms with Gasteiger partial charge in [-0.3, -0.25) is 4.79 Å². The fourth-order valence-corrected chi connectivity index (χ4v) is 1.46. The molecule has 1 aromatic rings. The molecule has 0 aliphatic heterocycles. The van der Waals surface area contributed by atoms with Crippen molar-refractivity contribution >= 4 is 5.91 Å². The highest BCUT2D eigenvalue weighted by molar-refractivity contribution is 5.86. The molecule has 1 N–H and O–H groups in total. The summed E-state index contributed by atoms with van der Waals surface area (Å²) >= 11 is 0. The molecule has 0 saturated heterocycles. The second-order valence-corrected chi connectivity index (χ2v) is 4.53. The first-order valence-corrected chi connectivity index (χ1v) is 5.95. The maximum atomic E-state index is 11.9. The van der Waals surface area contributed by atoms with Crippen LogP contribution in [0.1, 0.15) is 18.4 Å². The van der Waals surface area contributed by atoms with Crippen molar-refractivity contribution in [3.63, 3.8) is 0 Å². The first kappa shape index (κ1) is 14.2. The number of nitriles is 1. The molecule has 0 heterocycles. The zero-order valence-corrected chi connectivity index (χ0v) is 11.1. The van der Waals surface area contributed by atoms with E-state index in [0.29, 0.717) is 6.54 Å². The van der Waals surface area contributed by atoms with Crippen molar-refractivity contribution in [3.8, 4) is 6.07 Å². The van der Waals surface area contributed by atoms with E-state index in [1.807, 2.05) is 50.2 Å². The van der Waals surface area contributed by atoms with E-state index < -0.39 is 5.92 Å². The van der Waals surface area contributed by atoms with Crippen LogP contribution in [0, 0.1) is 11.3 Å². The second-order valence-electron chi connectivity index (χ2n) is 4.53. The minimum absolute atomic E-state index is 0.239. The highest BCUT2D eigenvalue weighted by Crippen LogP contribution is 2.14. The summed E-state index contributed by atoms with van der Waals surface area (Å²) in [5.74, 6) is -0.974. The molecule has 1 amide bonds. The van der Waals surface area contributed by atoms with Gasteiger partial charge in [-0.2, -0.15) is 5.26 Å². The monoisotopic (exact) mass is 245 g/mol. The van der Waals surface area contributed by atoms with E-state index >= 15 is 0 Å². The number of carbonyl (C=O) groups is 1. The van der Waals surface area contributed by atoms with E-state index in [0.717, 1.165) is 5.56 Å². The van der Waals surface area contributed by atoms with Crippen molar-refractivity contribution in [3.05, 3.63) is 35.9 Å². The molecule has 1 rings (SSSR count). The van der Waals surface area contributed by atoms with Gasteiger partial charge in [0, 0.05) is 12.6 Å². The summed E-state index contributed by atoms with van der Waals surface area (Å²) in [6.07, 6.45) is 0. The molecule has 4 heteroatoms. The van der Waals surface area contributed by atoms with Crippen LogP contribution < -0.4 is 5.32 Å². The third kappa shape index (κ3) is 3.86. The summed E-state index contributed by atoms with van der Waals surface area (Å²) in [4.78, 5) is 14.0. The van der Waals surface area contributed by atoms with Gasteiger partial charge in [0.25, 0.3) is 0 Å². The number of benzene rings is 1. The quantitative estimate of drug-likeness (QED) is 0.852. The lowest BCUT2D eigenvalue weighted by atomic mass is 10.00. The fraction of sp³-hybridized carbons (Fsp3) is 0.429. The lowest BCUT2D eigenvalue weighted by Gasteiger charge is -2.20. The molecule has 0 saturated carbocycles. The molecule has 0 radical (unpaired) electrons. The number of nitrogens with one attached hydrogen (secondary N) is 1. The Morgan fingerprint density at radius 2 is 2.00 bits per heavy atom. The van der Waals surface area contributed by atoms with Crippen LogP contribution in [-0.2, 0) is 4.79 Å². The lowest BCUT2D eigenvalue weighted by Crippen LogP contribution is -2.39. The minimum Gasteiger partial charge on any atom is -0.353 e. The Kier molecular flexibility index (Phi) is 5.34. The number of amides is 1. The fourth-order valence-electron chi connectivity index (χ4n) is 1.46. The average molecular weight is 245 g/mol. The van der Waals surface area contributed by atoms with Crippen LogP contribution in [0.15, 0.2) is 30.3 Å². The van der Waals surface area contributed by atoms with Gasteiger partial charge < -0.3 is 10.2 Å². The van der Waals surface area contributed by atoms with Crippen molar-refractivity contribution in [1.29, 1.82) is 5.26 Å². The van der Waals surface area contributed by atoms with E-state index in [-0.39, 0.29) is 11.9 Å². The number of hydrogen-bond acceptors (Lipinski definition) is 3. The molecule has 0 spiro atoms. The molecular weight excluding hydrogens is 226 g/mol. The lowest BCUT2D eigenvalue weighted by molar-refractivity contribution is -0.121. The molecule has 4 nitrogen and oxygen atoms in total. The predicted molar refractivity (Wildman–Crippen MR) is 71.0 cm³/mol. The van der Waals surface area contributed by atoms with E-state index in [2.05, 4.69) is 5.32 Å². The zero-order chi connectivity index (χ0) is 13.5. The summed E-state index contributed by atoms with van der Waals surface area (Å²) in [6, 6.07) is 11.4. The van der Waals surface area contributed by atoms with Gasteiger partial charge in [0.05, 0.1) is 6.07 Å². The van der Waals surface area contributed by atoms with Gasteiger partial charge >= 0.3 is 0 Å². The van der Waals surface area contributed by atoms with Gasteiger partial charge in [-0.1, -0.05) is 30.3 Å². The molecule has 0 aromatic heterocycles. The molecule has 1 aromatic carbocycles. The molecule has 96 valence electrons. The predicted octanol–water partition coefficient (Wildman–Crippen LogP) is 1.36. The number of nitrogens with zero attached hydrogens (tertiary/aromatic N) is 2. The van der Waals surface area contributed by atoms with Crippen LogP contribution in [0.3, 0.4) is 0 Å². The van der Waals surface area contributed by atoms with E-state index in [4.69, 9.17) is 5.26 Å². The summed E-state index contributed by atoms with van der Waals surface area (Å²) in [6.45, 7) is 2.56. The van der Waals surface area contributed by atoms with E-state index in [1.165, 1.54) is 0 Å². The van der Waals surface area contributed by atoms with Crippen LogP contribution in [0.25, 0.3) is 0 Å². The number of carbonyl (C=O) groups excluding carboxylic acids is 1. The molecule has 0 aliphatic carbocycles. The highest BCUT2D eigenvalue weighted by atomic mass is 16.1. The van der Waals surface area contributed by atoms with Crippen molar-refractivity contribution in [2.24, 2.45) is 0 Å². The molecule has 0 fully saturated rings. The van der Waals surface area contributed by atoms with E-state index in [1.54, 1.807) is 12.1 Å². The molecule has 0 bridgehead atoms. The van der Waals surface area contributed by atoms with Crippen LogP contribution in [0.5, 0.6) is 0 Å². The number of rotatable bonds is 5. The molecule has 2 atom stereocenters. The Bertz CT molecular complexity index is 422. The normalized spacial score (nSPS) is 13.7. The third-order valence-electron chi connectivity index (χ3n) is 2.98. The highest BCUT2D eigenvalue weighted by Gasteiger charge is 2.20. The summed E-state index contributed by atoms with van der Waals surface area (Å²) in [5, 5.41) is 11.9. The zero-order valence-electron chi connectivity index (χ0n) is 11.1. The first-order valence-electron chi connectivity index (χ1n) is 5.95. The standard InChI is InChI=1S/C14H19N3O/c1-11(17(2)3)10-16-14(18)13(9-15)12-7-5-4-6-8-12/h4-8,11,13H,10H2,1-3H3,(H,16,18). The average Bonchev–Trinajstić information content (AvgIpc) is 2.38. The van der Waals surface area contributed by atoms with Crippen LogP contribution >= 0.6 is 0 Å². The van der Waals surface area contributed by atoms with Crippen molar-refractivity contribution in [1.82, 2.24) is 10.2 Å². The van der Waals surface area contributed by atoms with Crippen molar-refractivity contribution < 1.29 is 4.79 Å². The maximum Gasteiger partial charge on any atom is 0.241 e. The molecule has 0 aliphatic rings. The van der Waals surface area contributed by atoms with Crippen LogP contribution in [-0.4, -0.2) is 37.5 Å². The largest absolute Gasteiger partial charge is 0.353 e. The topological polar surface area (TPSA) is 56.1 Å². The SMILES string of the molecule is CC(CNC(=O)C(C#N)c1ccccc1)N(C)C. The van der Waals surface area contributed by atoms with Gasteiger partial charge in [-0.25, -0.2) is 0 Å². The van der Waals surface area contributed by atoms with E-state index in [9.17, 15) is 4.79 Å². The Morgan fingerprint density at radius 1 is 1.39 bits per heavy atom. The number of hydrogen-bond donors (Lipinski definition) is 1. The van der Waals surface area contributed by atoms with Gasteiger partial charge in [0.2, 0.25) is 5.91 Å². The summed E-state index contributed by atoms with van der Waals surface area (Å²) < 4.78 is 0. The molecule has 18 heavy (non-hydrogen) atoms. The van der Waals surface area contributed by atoms with Crippen LogP contribution in [0.4, 0.5) is 0 Å². The smallest absolute Gasteiger partial charge is 0.241 e. The Morgan fingerprint density at radius 3 is 2.50 bits per heavy atom. The van der Waals surface area contributed by atoms with Crippen LogP contribution in [0.2, 0.25) is 0 Å². The summed E-state index contributed by atoms with van der Waals surface area (Å²) in [7, 11) is 3.91. The molecule has 2 unspecified atom stereocenters. The Hall–Kier alpha value is -1.86. The van der Waals surface area contributed by atoms with Gasteiger partial charge in [0.15, 0.2) is 0 Å². The van der Waals surface area contributed by atoms with Gasteiger partial charge in [0.1, 0.15) is 5.92 Å². The van der Waals surface area contributed by atoms with Gasteiger partial charge in [-0.05, 0) is 26.6 Å². The Labute approximate surface area is 108 Å². The maximum absolute atomic E-state index is 11.9. The van der Waals surface area contributed by atoms with Gasteiger partial charge in [-0.15, -0.1) is 0 Å². The third-order valence-corrected chi connectivity index (χ3v) is 2.98. The first-order chi connectivity index (χ1) is 8.56. The summed E-state index contributed by atoms with van der Waals surface area (Å²) in [5.41, 5.74) is 0.731. The van der Waals surface area contributed by atoms with Crippen molar-refractivity contribution in [2.75, 3.05) is 20.6 Å². The minimum atomic E-state index is -0.736. The Balaban J connectivity index is 2.62. The number of likely N-dealkylation sites (N-methyl/N-ethyl adjacent to an activating group) is 1. The van der Waals surface area contributed by atoms with Crippen molar-refractivity contribution in [2.45, 2.75) is 18.9 Å². The molecular formula is C14H19N3O.